The van der Waals surface area contributed by atoms with E-state index in [1.807, 2.05) is 0 Å². The molecule has 1 aliphatic carbocycles. The summed E-state index contributed by atoms with van der Waals surface area (Å²) in [6, 6.07) is 67.1. The number of nitrogens with zero attached hydrogens (tertiary/aromatic N) is 2. The molecule has 10 aromatic rings. The first-order chi connectivity index (χ1) is 25.8. The van der Waals surface area contributed by atoms with Crippen LogP contribution in [-0.2, 0) is 12.8 Å². The maximum Gasteiger partial charge on any atom is 0.0541 e. The summed E-state index contributed by atoms with van der Waals surface area (Å²) < 4.78 is 4.85. The minimum atomic E-state index is 1.09. The summed E-state index contributed by atoms with van der Waals surface area (Å²) in [5.41, 5.74) is 17.8. The molecular weight excluding hydrogens is 629 g/mol. The Morgan fingerprint density at radius 2 is 0.769 bits per heavy atom. The van der Waals surface area contributed by atoms with E-state index in [1.165, 1.54) is 99.5 Å². The molecule has 244 valence electrons. The highest BCUT2D eigenvalue weighted by atomic mass is 15.0. The molecule has 52 heavy (non-hydrogen) atoms. The van der Waals surface area contributed by atoms with E-state index in [0.29, 0.717) is 0 Å². The predicted octanol–water partition coefficient (Wildman–Crippen LogP) is 13.0. The Morgan fingerprint density at radius 3 is 1.44 bits per heavy atom. The lowest BCUT2D eigenvalue weighted by atomic mass is 9.85. The molecule has 0 amide bonds. The van der Waals surface area contributed by atoms with E-state index in [0.717, 1.165) is 12.8 Å². The van der Waals surface area contributed by atoms with E-state index in [1.54, 1.807) is 0 Å². The average molecular weight is 663 g/mol. The van der Waals surface area contributed by atoms with Crippen molar-refractivity contribution in [3.8, 4) is 44.8 Å². The summed E-state index contributed by atoms with van der Waals surface area (Å²) in [4.78, 5) is 0. The number of fused-ring (bicyclic) bond motifs is 9. The van der Waals surface area contributed by atoms with E-state index in [9.17, 15) is 0 Å². The Bertz CT molecular complexity index is 3000. The normalized spacial score (nSPS) is 12.5. The molecule has 1 aliphatic rings. The second kappa shape index (κ2) is 11.4. The predicted molar refractivity (Wildman–Crippen MR) is 219 cm³/mol. The van der Waals surface area contributed by atoms with Crippen molar-refractivity contribution < 1.29 is 0 Å². The third-order valence-corrected chi connectivity index (χ3v) is 11.2. The maximum absolute atomic E-state index is 2.45. The molecule has 2 heteroatoms. The molecule has 0 aliphatic heterocycles. The van der Waals surface area contributed by atoms with Crippen molar-refractivity contribution >= 4 is 43.6 Å². The number of aromatic nitrogens is 2. The Kier molecular flexibility index (Phi) is 6.41. The minimum absolute atomic E-state index is 1.09. The van der Waals surface area contributed by atoms with Crippen LogP contribution in [0.4, 0.5) is 0 Å². The van der Waals surface area contributed by atoms with Crippen LogP contribution < -0.4 is 0 Å². The van der Waals surface area contributed by atoms with Gasteiger partial charge in [-0.05, 0) is 118 Å². The topological polar surface area (TPSA) is 9.86 Å². The number of benzene rings is 8. The first kappa shape index (κ1) is 29.1. The summed E-state index contributed by atoms with van der Waals surface area (Å²) in [6.45, 7) is 0. The lowest BCUT2D eigenvalue weighted by Crippen LogP contribution is -2.05. The smallest absolute Gasteiger partial charge is 0.0541 e. The molecule has 8 aromatic carbocycles. The summed E-state index contributed by atoms with van der Waals surface area (Å²) in [6.07, 6.45) is 2.20. The molecule has 2 aromatic heterocycles. The van der Waals surface area contributed by atoms with Gasteiger partial charge in [0.2, 0.25) is 0 Å². The van der Waals surface area contributed by atoms with Crippen molar-refractivity contribution in [1.29, 1.82) is 0 Å². The number of hydrogen-bond donors (Lipinski definition) is 0. The van der Waals surface area contributed by atoms with Gasteiger partial charge in [-0.2, -0.15) is 0 Å². The van der Waals surface area contributed by atoms with Crippen LogP contribution in [0, 0.1) is 0 Å². The van der Waals surface area contributed by atoms with Crippen LogP contribution in [0.1, 0.15) is 11.1 Å². The molecule has 0 bridgehead atoms. The zero-order valence-corrected chi connectivity index (χ0v) is 28.6. The maximum atomic E-state index is 2.45. The summed E-state index contributed by atoms with van der Waals surface area (Å²) in [5, 5.41) is 5.07. The molecule has 0 saturated heterocycles. The number of rotatable bonds is 4. The van der Waals surface area contributed by atoms with Gasteiger partial charge in [-0.25, -0.2) is 0 Å². The van der Waals surface area contributed by atoms with Gasteiger partial charge < -0.3 is 9.13 Å². The van der Waals surface area contributed by atoms with Gasteiger partial charge in [-0.3, -0.25) is 0 Å². The number of para-hydroxylation sites is 2. The zero-order valence-electron chi connectivity index (χ0n) is 28.6. The van der Waals surface area contributed by atoms with Crippen molar-refractivity contribution in [2.45, 2.75) is 12.8 Å². The summed E-state index contributed by atoms with van der Waals surface area (Å²) >= 11 is 0. The number of aryl methyl sites for hydroxylation is 2. The SMILES string of the molecule is c1ccc(-c2ccc(-n3c4ccccc4c4cc(-c5ccc6c(c5)c5ccccc5n6-c5ccc6c(c5)-c5ccccc5CC6)ccc43)cc2)cc1. The van der Waals surface area contributed by atoms with Gasteiger partial charge in [-0.15, -0.1) is 0 Å². The van der Waals surface area contributed by atoms with Crippen LogP contribution in [0.5, 0.6) is 0 Å². The summed E-state index contributed by atoms with van der Waals surface area (Å²) in [7, 11) is 0. The van der Waals surface area contributed by atoms with Gasteiger partial charge in [0, 0.05) is 32.9 Å². The fourth-order valence-corrected chi connectivity index (χ4v) is 8.74. The van der Waals surface area contributed by atoms with E-state index in [2.05, 4.69) is 191 Å². The van der Waals surface area contributed by atoms with Crippen LogP contribution in [-0.4, -0.2) is 9.13 Å². The van der Waals surface area contributed by atoms with Crippen molar-refractivity contribution in [2.24, 2.45) is 0 Å². The van der Waals surface area contributed by atoms with Gasteiger partial charge in [0.25, 0.3) is 0 Å². The fraction of sp³-hybridized carbons (Fsp3) is 0.0400. The van der Waals surface area contributed by atoms with Gasteiger partial charge in [0.1, 0.15) is 0 Å². The standard InChI is InChI=1S/C50H34N2/c1-2-10-33(11-3-1)34-20-25-39(26-21-34)51-47-16-8-6-14-42(47)45-30-37(23-28-49(45)51)38-24-29-50-46(31-38)43-15-7-9-17-48(43)52(50)40-27-22-36-19-18-35-12-4-5-13-41(35)44(36)32-40/h1-17,20-32H,18-19H2. The molecule has 2 heterocycles. The molecule has 0 unspecified atom stereocenters. The van der Waals surface area contributed by atoms with Crippen LogP contribution in [0.2, 0.25) is 0 Å². The number of hydrogen-bond acceptors (Lipinski definition) is 0. The molecule has 0 saturated carbocycles. The van der Waals surface area contributed by atoms with E-state index in [-0.39, 0.29) is 0 Å². The summed E-state index contributed by atoms with van der Waals surface area (Å²) in [5.74, 6) is 0. The van der Waals surface area contributed by atoms with Crippen LogP contribution in [0.25, 0.3) is 88.4 Å². The highest BCUT2D eigenvalue weighted by Gasteiger charge is 2.19. The molecule has 0 spiro atoms. The van der Waals surface area contributed by atoms with E-state index >= 15 is 0 Å². The minimum Gasteiger partial charge on any atom is -0.309 e. The fourth-order valence-electron chi connectivity index (χ4n) is 8.74. The van der Waals surface area contributed by atoms with Crippen molar-refractivity contribution in [1.82, 2.24) is 9.13 Å². The van der Waals surface area contributed by atoms with Crippen molar-refractivity contribution in [3.05, 3.63) is 193 Å². The van der Waals surface area contributed by atoms with Gasteiger partial charge in [0.15, 0.2) is 0 Å². The Hall–Kier alpha value is -6.64. The third-order valence-electron chi connectivity index (χ3n) is 11.2. The molecule has 0 atom stereocenters. The molecule has 11 rings (SSSR count). The van der Waals surface area contributed by atoms with E-state index < -0.39 is 0 Å². The molecule has 0 radical (unpaired) electrons. The third kappa shape index (κ3) is 4.44. The van der Waals surface area contributed by atoms with E-state index in [4.69, 9.17) is 0 Å². The van der Waals surface area contributed by atoms with Gasteiger partial charge >= 0.3 is 0 Å². The largest absolute Gasteiger partial charge is 0.309 e. The van der Waals surface area contributed by atoms with Gasteiger partial charge in [-0.1, -0.05) is 121 Å². The highest BCUT2D eigenvalue weighted by Crippen LogP contribution is 2.40. The van der Waals surface area contributed by atoms with Crippen LogP contribution in [0.15, 0.2) is 182 Å². The molecule has 2 nitrogen and oxygen atoms in total. The second-order valence-electron chi connectivity index (χ2n) is 14.1. The van der Waals surface area contributed by atoms with Crippen molar-refractivity contribution in [3.63, 3.8) is 0 Å². The molecular formula is C50H34N2. The molecule has 0 N–H and O–H groups in total. The lowest BCUT2D eigenvalue weighted by Gasteiger charge is -2.21. The Morgan fingerprint density at radius 1 is 0.288 bits per heavy atom. The Balaban J connectivity index is 1.04. The zero-order chi connectivity index (χ0) is 34.2. The average Bonchev–Trinajstić information content (AvgIpc) is 3.73. The lowest BCUT2D eigenvalue weighted by molar-refractivity contribution is 0.940. The van der Waals surface area contributed by atoms with Crippen LogP contribution >= 0.6 is 0 Å². The molecule has 0 fully saturated rings. The Labute approximate surface area is 302 Å². The van der Waals surface area contributed by atoms with Gasteiger partial charge in [0.05, 0.1) is 22.1 Å². The highest BCUT2D eigenvalue weighted by molar-refractivity contribution is 6.12. The second-order valence-corrected chi connectivity index (χ2v) is 14.1. The first-order valence-corrected chi connectivity index (χ1v) is 18.2. The first-order valence-electron chi connectivity index (χ1n) is 18.2. The van der Waals surface area contributed by atoms with Crippen LogP contribution in [0.3, 0.4) is 0 Å². The van der Waals surface area contributed by atoms with Crippen molar-refractivity contribution in [2.75, 3.05) is 0 Å². The quantitative estimate of drug-likeness (QED) is 0.177. The monoisotopic (exact) mass is 662 g/mol.